The van der Waals surface area contributed by atoms with E-state index in [2.05, 4.69) is 255 Å². The van der Waals surface area contributed by atoms with Crippen molar-refractivity contribution >= 4 is 27.8 Å². The summed E-state index contributed by atoms with van der Waals surface area (Å²) < 4.78 is 0. The van der Waals surface area contributed by atoms with Gasteiger partial charge in [0.05, 0.1) is 5.69 Å². The third-order valence-corrected chi connectivity index (χ3v) is 12.9. The Balaban J connectivity index is 1.12. The van der Waals surface area contributed by atoms with Gasteiger partial charge in [-0.3, -0.25) is 0 Å². The molecular formula is C61H45N. The van der Waals surface area contributed by atoms with E-state index in [0.29, 0.717) is 0 Å². The lowest BCUT2D eigenvalue weighted by molar-refractivity contribution is 0.660. The van der Waals surface area contributed by atoms with Gasteiger partial charge in [-0.1, -0.05) is 214 Å². The van der Waals surface area contributed by atoms with Crippen molar-refractivity contribution in [3.8, 4) is 66.8 Å². The Morgan fingerprint density at radius 2 is 0.855 bits per heavy atom. The average molecular weight is 792 g/mol. The molecule has 10 aromatic rings. The summed E-state index contributed by atoms with van der Waals surface area (Å²) in [6.45, 7) is 4.69. The summed E-state index contributed by atoms with van der Waals surface area (Å²) in [5, 5.41) is 2.48. The molecule has 1 aliphatic carbocycles. The van der Waals surface area contributed by atoms with Crippen LogP contribution >= 0.6 is 0 Å². The molecule has 0 spiro atoms. The van der Waals surface area contributed by atoms with Gasteiger partial charge in [-0.2, -0.15) is 0 Å². The maximum atomic E-state index is 2.46. The molecule has 0 bridgehead atoms. The van der Waals surface area contributed by atoms with E-state index in [1.165, 1.54) is 88.7 Å². The van der Waals surface area contributed by atoms with Gasteiger partial charge in [-0.05, 0) is 119 Å². The molecule has 0 aromatic heterocycles. The van der Waals surface area contributed by atoms with Crippen molar-refractivity contribution < 1.29 is 0 Å². The van der Waals surface area contributed by atoms with Gasteiger partial charge in [-0.15, -0.1) is 0 Å². The number of nitrogens with zero attached hydrogens (tertiary/aromatic N) is 1. The molecule has 1 heteroatoms. The smallest absolute Gasteiger partial charge is 0.0546 e. The monoisotopic (exact) mass is 791 g/mol. The van der Waals surface area contributed by atoms with Gasteiger partial charge in [0.1, 0.15) is 0 Å². The van der Waals surface area contributed by atoms with Gasteiger partial charge in [0.25, 0.3) is 0 Å². The lowest BCUT2D eigenvalue weighted by atomic mass is 9.82. The lowest BCUT2D eigenvalue weighted by Crippen LogP contribution is -2.14. The van der Waals surface area contributed by atoms with Gasteiger partial charge >= 0.3 is 0 Å². The Hall–Kier alpha value is -7.74. The molecule has 294 valence electrons. The van der Waals surface area contributed by atoms with Crippen molar-refractivity contribution in [3.63, 3.8) is 0 Å². The molecule has 1 aliphatic rings. The Labute approximate surface area is 364 Å². The predicted octanol–water partition coefficient (Wildman–Crippen LogP) is 17.0. The van der Waals surface area contributed by atoms with E-state index in [-0.39, 0.29) is 5.41 Å². The molecule has 0 amide bonds. The first-order valence-electron chi connectivity index (χ1n) is 21.6. The number of benzene rings is 10. The van der Waals surface area contributed by atoms with Gasteiger partial charge in [-0.25, -0.2) is 0 Å². The highest BCUT2D eigenvalue weighted by molar-refractivity contribution is 6.02. The number of fused-ring (bicyclic) bond motifs is 4. The Kier molecular flexibility index (Phi) is 9.24. The molecule has 0 heterocycles. The van der Waals surface area contributed by atoms with Crippen molar-refractivity contribution in [1.29, 1.82) is 0 Å². The third-order valence-electron chi connectivity index (χ3n) is 12.9. The SMILES string of the molecule is CC1(C)c2ccccc2-c2cc(-c3ccc(N(c4cccc(-c5cccc6ccccc56)c4)c4cccc(-c5ccccc5)c4-c4ccccc4-c4ccccc4)cc3)ccc21. The van der Waals surface area contributed by atoms with Crippen LogP contribution < -0.4 is 4.90 Å². The molecule has 0 saturated carbocycles. The summed E-state index contributed by atoms with van der Waals surface area (Å²) in [6.07, 6.45) is 0. The molecule has 62 heavy (non-hydrogen) atoms. The summed E-state index contributed by atoms with van der Waals surface area (Å²) in [6, 6.07) is 86.7. The third kappa shape index (κ3) is 6.42. The van der Waals surface area contributed by atoms with Gasteiger partial charge in [0.2, 0.25) is 0 Å². The molecule has 10 aromatic carbocycles. The first-order valence-corrected chi connectivity index (χ1v) is 21.6. The second-order valence-corrected chi connectivity index (χ2v) is 16.9. The van der Waals surface area contributed by atoms with Crippen LogP contribution in [0.5, 0.6) is 0 Å². The largest absolute Gasteiger partial charge is 0.310 e. The van der Waals surface area contributed by atoms with Gasteiger partial charge in [0.15, 0.2) is 0 Å². The zero-order valence-corrected chi connectivity index (χ0v) is 35.0. The van der Waals surface area contributed by atoms with E-state index in [4.69, 9.17) is 0 Å². The number of hydrogen-bond donors (Lipinski definition) is 0. The summed E-state index contributed by atoms with van der Waals surface area (Å²) in [5.41, 5.74) is 20.6. The zero-order valence-electron chi connectivity index (χ0n) is 35.0. The zero-order chi connectivity index (χ0) is 41.6. The summed E-state index contributed by atoms with van der Waals surface area (Å²) in [7, 11) is 0. The summed E-state index contributed by atoms with van der Waals surface area (Å²) >= 11 is 0. The molecule has 0 atom stereocenters. The highest BCUT2D eigenvalue weighted by Gasteiger charge is 2.35. The minimum atomic E-state index is -0.0273. The normalized spacial score (nSPS) is 12.5. The highest BCUT2D eigenvalue weighted by atomic mass is 15.1. The van der Waals surface area contributed by atoms with E-state index in [9.17, 15) is 0 Å². The minimum Gasteiger partial charge on any atom is -0.310 e. The lowest BCUT2D eigenvalue weighted by Gasteiger charge is -2.30. The van der Waals surface area contributed by atoms with Crippen LogP contribution in [-0.4, -0.2) is 0 Å². The van der Waals surface area contributed by atoms with Crippen LogP contribution in [0.15, 0.2) is 237 Å². The second kappa shape index (κ2) is 15.4. The van der Waals surface area contributed by atoms with Crippen molar-refractivity contribution in [1.82, 2.24) is 0 Å². The molecule has 0 aliphatic heterocycles. The molecular weight excluding hydrogens is 747 g/mol. The minimum absolute atomic E-state index is 0.0273. The molecule has 0 fully saturated rings. The molecule has 11 rings (SSSR count). The fourth-order valence-electron chi connectivity index (χ4n) is 9.86. The van der Waals surface area contributed by atoms with Crippen molar-refractivity contribution in [2.45, 2.75) is 19.3 Å². The maximum Gasteiger partial charge on any atom is 0.0546 e. The molecule has 0 radical (unpaired) electrons. The van der Waals surface area contributed by atoms with Crippen LogP contribution in [0.4, 0.5) is 17.1 Å². The maximum absolute atomic E-state index is 2.46. The topological polar surface area (TPSA) is 3.24 Å². The highest BCUT2D eigenvalue weighted by Crippen LogP contribution is 2.51. The summed E-state index contributed by atoms with van der Waals surface area (Å²) in [5.74, 6) is 0. The first kappa shape index (κ1) is 37.3. The number of rotatable bonds is 8. The Morgan fingerprint density at radius 3 is 1.65 bits per heavy atom. The van der Waals surface area contributed by atoms with E-state index >= 15 is 0 Å². The second-order valence-electron chi connectivity index (χ2n) is 16.9. The fourth-order valence-corrected chi connectivity index (χ4v) is 9.86. The first-order chi connectivity index (χ1) is 30.5. The number of hydrogen-bond acceptors (Lipinski definition) is 1. The van der Waals surface area contributed by atoms with Crippen molar-refractivity contribution in [3.05, 3.63) is 248 Å². The number of anilines is 3. The van der Waals surface area contributed by atoms with Crippen LogP contribution in [0.2, 0.25) is 0 Å². The van der Waals surface area contributed by atoms with E-state index in [1.807, 2.05) is 0 Å². The van der Waals surface area contributed by atoms with Gasteiger partial charge in [0, 0.05) is 22.4 Å². The van der Waals surface area contributed by atoms with Gasteiger partial charge < -0.3 is 4.90 Å². The summed E-state index contributed by atoms with van der Waals surface area (Å²) in [4.78, 5) is 2.46. The predicted molar refractivity (Wildman–Crippen MR) is 263 cm³/mol. The van der Waals surface area contributed by atoms with E-state index < -0.39 is 0 Å². The van der Waals surface area contributed by atoms with Crippen molar-refractivity contribution in [2.75, 3.05) is 4.90 Å². The Morgan fingerprint density at radius 1 is 0.306 bits per heavy atom. The van der Waals surface area contributed by atoms with Crippen LogP contribution in [0.25, 0.3) is 77.5 Å². The van der Waals surface area contributed by atoms with Crippen LogP contribution in [-0.2, 0) is 5.41 Å². The molecule has 0 N–H and O–H groups in total. The fraction of sp³-hybridized carbons (Fsp3) is 0.0492. The van der Waals surface area contributed by atoms with Crippen LogP contribution in [0.1, 0.15) is 25.0 Å². The molecule has 0 unspecified atom stereocenters. The van der Waals surface area contributed by atoms with E-state index in [1.54, 1.807) is 0 Å². The average Bonchev–Trinajstić information content (AvgIpc) is 3.57. The standard InChI is InChI=1S/C61H45N/c1-61(2)57-32-14-13-28-54(57)56-41-46(36-39-58(56)61)42-34-37-48(38-35-42)62(49-25-15-24-47(40-49)52-30-16-23-44-22-9-10-26-50(44)52)59-33-17-31-53(45-20-7-4-8-21-45)60(59)55-29-12-11-27-51(55)43-18-5-3-6-19-43/h3-41H,1-2H3. The quantitative estimate of drug-likeness (QED) is 0.148. The van der Waals surface area contributed by atoms with Crippen molar-refractivity contribution in [2.24, 2.45) is 0 Å². The molecule has 1 nitrogen and oxygen atoms in total. The van der Waals surface area contributed by atoms with Crippen LogP contribution in [0, 0.1) is 0 Å². The Bertz CT molecular complexity index is 3240. The molecule has 0 saturated heterocycles. The van der Waals surface area contributed by atoms with E-state index in [0.717, 1.165) is 17.1 Å². The van der Waals surface area contributed by atoms with Crippen LogP contribution in [0.3, 0.4) is 0 Å².